The van der Waals surface area contributed by atoms with Crippen molar-refractivity contribution in [1.82, 2.24) is 0 Å². The Hall–Kier alpha value is -1.42. The molecule has 0 aliphatic carbocycles. The molecule has 86 valence electrons. The molecule has 0 spiro atoms. The van der Waals surface area contributed by atoms with Crippen molar-refractivity contribution >= 4 is 28.9 Å². The van der Waals surface area contributed by atoms with Crippen molar-refractivity contribution in [1.29, 1.82) is 0 Å². The number of rotatable bonds is 4. The number of carbonyl (C=O) groups is 1. The lowest BCUT2D eigenvalue weighted by atomic mass is 10.1. The van der Waals surface area contributed by atoms with Crippen LogP contribution in [0.4, 0.5) is 5.69 Å². The van der Waals surface area contributed by atoms with Gasteiger partial charge in [0.05, 0.1) is 11.6 Å². The van der Waals surface area contributed by atoms with Crippen LogP contribution < -0.4 is 5.32 Å². The molecule has 1 N–H and O–H groups in total. The maximum absolute atomic E-state index is 10.6. The molecule has 0 amide bonds. The molecule has 0 saturated carbocycles. The third-order valence-electron chi connectivity index (χ3n) is 1.97. The summed E-state index contributed by atoms with van der Waals surface area (Å²) in [7, 11) is 0. The Balaban J connectivity index is 2.45. The van der Waals surface area contributed by atoms with Crippen LogP contribution in [0.1, 0.15) is 19.4 Å². The largest absolute Gasteiger partial charge is 0.466 e. The highest BCUT2D eigenvalue weighted by atomic mass is 32.1. The molecule has 0 atom stereocenters. The summed E-state index contributed by atoms with van der Waals surface area (Å²) in [5, 5.41) is 3.05. The van der Waals surface area contributed by atoms with E-state index in [-0.39, 0.29) is 5.97 Å². The molecule has 0 radical (unpaired) electrons. The first-order chi connectivity index (χ1) is 7.58. The summed E-state index contributed by atoms with van der Waals surface area (Å²) in [6.07, 6.45) is 0.733. The highest BCUT2D eigenvalue weighted by molar-refractivity contribution is 7.80. The third kappa shape index (κ3) is 4.89. The van der Waals surface area contributed by atoms with Crippen LogP contribution in [0, 0.1) is 0 Å². The number of esters is 1. The van der Waals surface area contributed by atoms with Crippen LogP contribution in [-0.2, 0) is 16.0 Å². The second kappa shape index (κ2) is 6.23. The number of nitrogens with one attached hydrogen (secondary N) is 1. The first-order valence-electron chi connectivity index (χ1n) is 5.08. The molecule has 0 aromatic heterocycles. The van der Waals surface area contributed by atoms with E-state index in [0.717, 1.165) is 22.7 Å². The summed E-state index contributed by atoms with van der Waals surface area (Å²) in [4.78, 5) is 11.3. The number of benzene rings is 1. The van der Waals surface area contributed by atoms with E-state index in [0.29, 0.717) is 6.61 Å². The molecule has 0 saturated heterocycles. The van der Waals surface area contributed by atoms with Crippen molar-refractivity contribution in [2.45, 2.75) is 20.3 Å². The number of anilines is 1. The number of hydrogen-bond acceptors (Lipinski definition) is 3. The zero-order chi connectivity index (χ0) is 12.0. The van der Waals surface area contributed by atoms with Crippen molar-refractivity contribution in [3.8, 4) is 0 Å². The van der Waals surface area contributed by atoms with Crippen LogP contribution in [-0.4, -0.2) is 17.6 Å². The predicted molar refractivity (Wildman–Crippen MR) is 68.7 cm³/mol. The Kier molecular flexibility index (Phi) is 4.92. The highest BCUT2D eigenvalue weighted by Crippen LogP contribution is 2.10. The van der Waals surface area contributed by atoms with Gasteiger partial charge in [-0.2, -0.15) is 0 Å². The molecule has 3 nitrogen and oxygen atoms in total. The zero-order valence-corrected chi connectivity index (χ0v) is 10.3. The van der Waals surface area contributed by atoms with Crippen molar-refractivity contribution in [3.63, 3.8) is 0 Å². The van der Waals surface area contributed by atoms with Gasteiger partial charge in [0.25, 0.3) is 0 Å². The van der Waals surface area contributed by atoms with Crippen LogP contribution in [0.15, 0.2) is 24.3 Å². The van der Waals surface area contributed by atoms with Gasteiger partial charge in [-0.15, -0.1) is 0 Å². The quantitative estimate of drug-likeness (QED) is 0.645. The molecule has 0 bridgehead atoms. The minimum absolute atomic E-state index is 0.241. The van der Waals surface area contributed by atoms with E-state index in [1.807, 2.05) is 31.2 Å². The Morgan fingerprint density at radius 1 is 1.31 bits per heavy atom. The van der Waals surface area contributed by atoms with Crippen molar-refractivity contribution < 1.29 is 9.53 Å². The number of thiocarbonyl (C=S) groups is 1. The topological polar surface area (TPSA) is 38.3 Å². The Morgan fingerprint density at radius 3 is 2.44 bits per heavy atom. The van der Waals surface area contributed by atoms with Gasteiger partial charge in [-0.1, -0.05) is 24.4 Å². The van der Waals surface area contributed by atoms with Crippen LogP contribution in [0.5, 0.6) is 0 Å². The van der Waals surface area contributed by atoms with Gasteiger partial charge in [-0.3, -0.25) is 4.79 Å². The van der Waals surface area contributed by atoms with Crippen LogP contribution in [0.3, 0.4) is 0 Å². The summed E-state index contributed by atoms with van der Waals surface area (Å²) in [6, 6.07) is 7.89. The minimum atomic E-state index is -0.241. The standard InChI is InChI=1S/C12H15NO2S/c1-9(16)13-12-5-3-11(4-6-12)7-8-15-10(2)14/h3-6H,7-8H2,1-2H3,(H,13,16). The van der Waals surface area contributed by atoms with Gasteiger partial charge in [-0.25, -0.2) is 0 Å². The molecule has 1 rings (SSSR count). The molecular weight excluding hydrogens is 222 g/mol. The molecule has 0 heterocycles. The average Bonchev–Trinajstić information content (AvgIpc) is 2.19. The lowest BCUT2D eigenvalue weighted by Gasteiger charge is -2.06. The van der Waals surface area contributed by atoms with Gasteiger partial charge in [0, 0.05) is 19.0 Å². The van der Waals surface area contributed by atoms with Crippen LogP contribution >= 0.6 is 12.2 Å². The second-order valence-electron chi connectivity index (χ2n) is 3.47. The first-order valence-corrected chi connectivity index (χ1v) is 5.48. The lowest BCUT2D eigenvalue weighted by Crippen LogP contribution is -2.04. The molecule has 1 aromatic carbocycles. The van der Waals surface area contributed by atoms with Gasteiger partial charge in [0.1, 0.15) is 0 Å². The van der Waals surface area contributed by atoms with E-state index < -0.39 is 0 Å². The van der Waals surface area contributed by atoms with E-state index in [9.17, 15) is 4.79 Å². The molecule has 1 aromatic rings. The average molecular weight is 237 g/mol. The van der Waals surface area contributed by atoms with E-state index in [4.69, 9.17) is 17.0 Å². The third-order valence-corrected chi connectivity index (χ3v) is 2.07. The summed E-state index contributed by atoms with van der Waals surface area (Å²) < 4.78 is 4.87. The Bertz CT molecular complexity index is 373. The van der Waals surface area contributed by atoms with E-state index in [2.05, 4.69) is 5.32 Å². The Labute approximate surface area is 101 Å². The fourth-order valence-corrected chi connectivity index (χ4v) is 1.39. The van der Waals surface area contributed by atoms with E-state index >= 15 is 0 Å². The maximum atomic E-state index is 10.6. The zero-order valence-electron chi connectivity index (χ0n) is 9.45. The normalized spacial score (nSPS) is 9.62. The molecule has 4 heteroatoms. The van der Waals surface area contributed by atoms with E-state index in [1.165, 1.54) is 6.92 Å². The molecule has 0 unspecified atom stereocenters. The fraction of sp³-hybridized carbons (Fsp3) is 0.333. The van der Waals surface area contributed by atoms with Gasteiger partial charge in [-0.05, 0) is 24.6 Å². The molecule has 16 heavy (non-hydrogen) atoms. The van der Waals surface area contributed by atoms with Crippen molar-refractivity contribution in [2.75, 3.05) is 11.9 Å². The minimum Gasteiger partial charge on any atom is -0.466 e. The van der Waals surface area contributed by atoms with Crippen LogP contribution in [0.25, 0.3) is 0 Å². The first kappa shape index (κ1) is 12.6. The maximum Gasteiger partial charge on any atom is 0.302 e. The predicted octanol–water partition coefficient (Wildman–Crippen LogP) is 2.55. The highest BCUT2D eigenvalue weighted by Gasteiger charge is 1.97. The molecule has 0 fully saturated rings. The summed E-state index contributed by atoms with van der Waals surface area (Å²) in [5.41, 5.74) is 2.11. The second-order valence-corrected chi connectivity index (χ2v) is 4.08. The van der Waals surface area contributed by atoms with Gasteiger partial charge >= 0.3 is 5.97 Å². The number of ether oxygens (including phenoxy) is 1. The summed E-state index contributed by atoms with van der Waals surface area (Å²) >= 11 is 4.94. The van der Waals surface area contributed by atoms with Crippen molar-refractivity contribution in [2.24, 2.45) is 0 Å². The SMILES string of the molecule is CC(=O)OCCc1ccc(NC(C)=S)cc1. The Morgan fingerprint density at radius 2 is 1.94 bits per heavy atom. The van der Waals surface area contributed by atoms with Crippen LogP contribution in [0.2, 0.25) is 0 Å². The lowest BCUT2D eigenvalue weighted by molar-refractivity contribution is -0.140. The monoisotopic (exact) mass is 237 g/mol. The summed E-state index contributed by atoms with van der Waals surface area (Å²) in [6.45, 7) is 3.67. The van der Waals surface area contributed by atoms with Gasteiger partial charge in [0.15, 0.2) is 0 Å². The summed E-state index contributed by atoms with van der Waals surface area (Å²) in [5.74, 6) is -0.241. The fourth-order valence-electron chi connectivity index (χ4n) is 1.27. The number of hydrogen-bond donors (Lipinski definition) is 1. The van der Waals surface area contributed by atoms with Gasteiger partial charge in [0.2, 0.25) is 0 Å². The molecular formula is C12H15NO2S. The number of carbonyl (C=O) groups excluding carboxylic acids is 1. The van der Waals surface area contributed by atoms with Crippen molar-refractivity contribution in [3.05, 3.63) is 29.8 Å². The molecule has 0 aliphatic heterocycles. The van der Waals surface area contributed by atoms with Gasteiger partial charge < -0.3 is 10.1 Å². The molecule has 0 aliphatic rings. The van der Waals surface area contributed by atoms with E-state index in [1.54, 1.807) is 0 Å². The smallest absolute Gasteiger partial charge is 0.302 e.